The van der Waals surface area contributed by atoms with E-state index in [2.05, 4.69) is 10.3 Å². The molecule has 0 spiro atoms. The molecular weight excluding hydrogens is 259 g/mol. The lowest BCUT2D eigenvalue weighted by Gasteiger charge is -2.17. The Morgan fingerprint density at radius 1 is 1.47 bits per heavy atom. The van der Waals surface area contributed by atoms with Gasteiger partial charge in [0.1, 0.15) is 5.82 Å². The minimum Gasteiger partial charge on any atom is -0.309 e. The first-order valence-corrected chi connectivity index (χ1v) is 6.41. The Kier molecular flexibility index (Phi) is 3.76. The van der Waals surface area contributed by atoms with E-state index in [4.69, 9.17) is 11.6 Å². The summed E-state index contributed by atoms with van der Waals surface area (Å²) in [5, 5.41) is 3.70. The van der Waals surface area contributed by atoms with Gasteiger partial charge < -0.3 is 5.32 Å². The van der Waals surface area contributed by atoms with E-state index in [0.29, 0.717) is 5.02 Å². The van der Waals surface area contributed by atoms with Crippen LogP contribution in [0.25, 0.3) is 0 Å². The summed E-state index contributed by atoms with van der Waals surface area (Å²) in [6.45, 7) is 1.93. The molecule has 1 aromatic heterocycles. The van der Waals surface area contributed by atoms with Gasteiger partial charge in [0.15, 0.2) is 0 Å². The number of aromatic nitrogens is 1. The molecule has 1 atom stereocenters. The van der Waals surface area contributed by atoms with Gasteiger partial charge >= 0.3 is 0 Å². The third-order valence-electron chi connectivity index (χ3n) is 2.60. The smallest absolute Gasteiger partial charge is 0.123 e. The number of hydrogen-bond donors (Lipinski definition) is 1. The Hall–Kier alpha value is -0.970. The topological polar surface area (TPSA) is 24.9 Å². The molecule has 0 saturated heterocycles. The summed E-state index contributed by atoms with van der Waals surface area (Å²) in [6, 6.07) is 4.28. The van der Waals surface area contributed by atoms with Crippen molar-refractivity contribution in [2.75, 3.05) is 7.05 Å². The van der Waals surface area contributed by atoms with Gasteiger partial charge in [-0.2, -0.15) is 0 Å². The van der Waals surface area contributed by atoms with Crippen molar-refractivity contribution < 1.29 is 4.39 Å². The van der Waals surface area contributed by atoms with E-state index >= 15 is 0 Å². The lowest BCUT2D eigenvalue weighted by Crippen LogP contribution is -2.18. The number of benzene rings is 1. The molecule has 0 saturated carbocycles. The van der Waals surface area contributed by atoms with Gasteiger partial charge in [0.05, 0.1) is 17.2 Å². The number of halogens is 2. The third-order valence-corrected chi connectivity index (χ3v) is 3.94. The minimum atomic E-state index is -0.285. The maximum Gasteiger partial charge on any atom is 0.123 e. The predicted octanol–water partition coefficient (Wildman–Crippen LogP) is 3.55. The Morgan fingerprint density at radius 3 is 2.82 bits per heavy atom. The molecule has 2 aromatic rings. The Morgan fingerprint density at radius 2 is 2.24 bits per heavy atom. The maximum absolute atomic E-state index is 13.3. The van der Waals surface area contributed by atoms with E-state index in [1.54, 1.807) is 11.6 Å². The molecule has 0 aliphatic heterocycles. The monoisotopic (exact) mass is 270 g/mol. The van der Waals surface area contributed by atoms with Crippen LogP contribution in [0.2, 0.25) is 5.02 Å². The number of nitrogens with one attached hydrogen (secondary N) is 1. The molecule has 0 fully saturated rings. The van der Waals surface area contributed by atoms with Crippen LogP contribution in [0.5, 0.6) is 0 Å². The number of nitrogens with zero attached hydrogens (tertiary/aromatic N) is 1. The van der Waals surface area contributed by atoms with E-state index in [1.165, 1.54) is 23.5 Å². The predicted molar refractivity (Wildman–Crippen MR) is 69.2 cm³/mol. The van der Waals surface area contributed by atoms with Crippen molar-refractivity contribution in [2.24, 2.45) is 0 Å². The lowest BCUT2D eigenvalue weighted by atomic mass is 10.0. The van der Waals surface area contributed by atoms with Crippen LogP contribution < -0.4 is 5.32 Å². The molecule has 0 amide bonds. The van der Waals surface area contributed by atoms with E-state index < -0.39 is 0 Å². The largest absolute Gasteiger partial charge is 0.309 e. The molecule has 1 N–H and O–H groups in total. The molecule has 90 valence electrons. The fraction of sp³-hybridized carbons (Fsp3) is 0.250. The highest BCUT2D eigenvalue weighted by Crippen LogP contribution is 2.32. The molecule has 0 bridgehead atoms. The molecule has 17 heavy (non-hydrogen) atoms. The van der Waals surface area contributed by atoms with Gasteiger partial charge in [-0.1, -0.05) is 11.6 Å². The van der Waals surface area contributed by atoms with E-state index in [0.717, 1.165) is 16.1 Å². The zero-order chi connectivity index (χ0) is 12.4. The fourth-order valence-electron chi connectivity index (χ4n) is 1.75. The van der Waals surface area contributed by atoms with Crippen LogP contribution in [-0.2, 0) is 0 Å². The van der Waals surface area contributed by atoms with Gasteiger partial charge in [-0.25, -0.2) is 9.37 Å². The van der Waals surface area contributed by atoms with Crippen LogP contribution in [0.3, 0.4) is 0 Å². The average molecular weight is 271 g/mol. The summed E-state index contributed by atoms with van der Waals surface area (Å²) in [7, 11) is 1.82. The second-order valence-electron chi connectivity index (χ2n) is 3.69. The summed E-state index contributed by atoms with van der Waals surface area (Å²) in [5.41, 5.74) is 3.46. The molecule has 0 aliphatic rings. The third kappa shape index (κ3) is 2.49. The Bertz CT molecular complexity index is 527. The van der Waals surface area contributed by atoms with Gasteiger partial charge in [0, 0.05) is 9.90 Å². The first-order chi connectivity index (χ1) is 8.13. The summed E-state index contributed by atoms with van der Waals surface area (Å²) in [6.07, 6.45) is 0. The van der Waals surface area contributed by atoms with Gasteiger partial charge in [0.2, 0.25) is 0 Å². The maximum atomic E-state index is 13.3. The van der Waals surface area contributed by atoms with Crippen LogP contribution in [0, 0.1) is 12.7 Å². The standard InChI is InChI=1S/C12H12ClFN2S/c1-7-12(17-6-16-7)11(15-2)9-5-8(14)3-4-10(9)13/h3-6,11,15H,1-2H3. The zero-order valence-corrected chi connectivity index (χ0v) is 11.1. The number of hydrogen-bond acceptors (Lipinski definition) is 3. The van der Waals surface area contributed by atoms with Gasteiger partial charge in [-0.05, 0) is 37.7 Å². The molecule has 1 heterocycles. The van der Waals surface area contributed by atoms with Crippen LogP contribution in [0.15, 0.2) is 23.7 Å². The molecule has 2 nitrogen and oxygen atoms in total. The van der Waals surface area contributed by atoms with Crippen molar-refractivity contribution in [2.45, 2.75) is 13.0 Å². The highest BCUT2D eigenvalue weighted by molar-refractivity contribution is 7.09. The first kappa shape index (κ1) is 12.5. The summed E-state index contributed by atoms with van der Waals surface area (Å²) < 4.78 is 13.3. The van der Waals surface area contributed by atoms with Gasteiger partial charge in [-0.15, -0.1) is 11.3 Å². The lowest BCUT2D eigenvalue weighted by molar-refractivity contribution is 0.617. The summed E-state index contributed by atoms with van der Waals surface area (Å²) in [4.78, 5) is 5.26. The van der Waals surface area contributed by atoms with Gasteiger partial charge in [0.25, 0.3) is 0 Å². The zero-order valence-electron chi connectivity index (χ0n) is 9.50. The molecule has 5 heteroatoms. The van der Waals surface area contributed by atoms with Crippen molar-refractivity contribution >= 4 is 22.9 Å². The van der Waals surface area contributed by atoms with Crippen LogP contribution >= 0.6 is 22.9 Å². The second kappa shape index (κ2) is 5.12. The normalized spacial score (nSPS) is 12.7. The quantitative estimate of drug-likeness (QED) is 0.923. The summed E-state index contributed by atoms with van der Waals surface area (Å²) in [5.74, 6) is -0.285. The van der Waals surface area contributed by atoms with Crippen molar-refractivity contribution in [1.29, 1.82) is 0 Å². The van der Waals surface area contributed by atoms with Crippen LogP contribution in [0.4, 0.5) is 4.39 Å². The van der Waals surface area contributed by atoms with Gasteiger partial charge in [-0.3, -0.25) is 0 Å². The molecule has 2 rings (SSSR count). The highest BCUT2D eigenvalue weighted by Gasteiger charge is 2.19. The van der Waals surface area contributed by atoms with Crippen molar-refractivity contribution in [3.05, 3.63) is 50.7 Å². The molecule has 1 unspecified atom stereocenters. The van der Waals surface area contributed by atoms with Crippen molar-refractivity contribution in [1.82, 2.24) is 10.3 Å². The van der Waals surface area contributed by atoms with E-state index in [-0.39, 0.29) is 11.9 Å². The molecule has 0 radical (unpaired) electrons. The average Bonchev–Trinajstić information content (AvgIpc) is 2.71. The Balaban J connectivity index is 2.49. The molecular formula is C12H12ClFN2S. The van der Waals surface area contributed by atoms with E-state index in [9.17, 15) is 4.39 Å². The number of thiazole rings is 1. The molecule has 0 aliphatic carbocycles. The van der Waals surface area contributed by atoms with Crippen molar-refractivity contribution in [3.8, 4) is 0 Å². The SMILES string of the molecule is CNC(c1cc(F)ccc1Cl)c1scnc1C. The Labute approximate surface area is 108 Å². The van der Waals surface area contributed by atoms with Crippen LogP contribution in [-0.4, -0.2) is 12.0 Å². The van der Waals surface area contributed by atoms with E-state index in [1.807, 2.05) is 14.0 Å². The minimum absolute atomic E-state index is 0.120. The first-order valence-electron chi connectivity index (χ1n) is 5.15. The number of rotatable bonds is 3. The fourth-order valence-corrected chi connectivity index (χ4v) is 2.91. The summed E-state index contributed by atoms with van der Waals surface area (Å²) >= 11 is 7.65. The highest BCUT2D eigenvalue weighted by atomic mass is 35.5. The van der Waals surface area contributed by atoms with Crippen molar-refractivity contribution in [3.63, 3.8) is 0 Å². The molecule has 1 aromatic carbocycles. The second-order valence-corrected chi connectivity index (χ2v) is 4.98. The number of aryl methyl sites for hydroxylation is 1. The van der Waals surface area contributed by atoms with Crippen LogP contribution in [0.1, 0.15) is 22.2 Å².